The summed E-state index contributed by atoms with van der Waals surface area (Å²) in [5, 5.41) is 14.1. The fraction of sp³-hybridized carbons (Fsp3) is 0.526. The number of carbonyl (C=O) groups excluding carboxylic acids is 3. The van der Waals surface area contributed by atoms with E-state index in [-0.39, 0.29) is 5.91 Å². The van der Waals surface area contributed by atoms with Crippen LogP contribution in [-0.2, 0) is 20.7 Å². The molecule has 0 bridgehead atoms. The largest absolute Gasteiger partial charge is 0.550 e. The number of rotatable bonds is 3. The van der Waals surface area contributed by atoms with Crippen molar-refractivity contribution in [1.29, 1.82) is 0 Å². The summed E-state index contributed by atoms with van der Waals surface area (Å²) in [7, 11) is 1.35. The average Bonchev–Trinajstić information content (AvgIpc) is 2.66. The van der Waals surface area contributed by atoms with Gasteiger partial charge in [-0.25, -0.2) is 4.79 Å². The predicted octanol–water partition coefficient (Wildman–Crippen LogP) is 1.70. The number of carboxylic acid groups (broad SMARTS) is 1. The van der Waals surface area contributed by atoms with Crippen LogP contribution in [0.1, 0.15) is 37.7 Å². The molecule has 0 aromatic heterocycles. The first-order valence-electron chi connectivity index (χ1n) is 9.01. The Morgan fingerprint density at radius 2 is 1.88 bits per heavy atom. The molecule has 0 radical (unpaired) electrons. The van der Waals surface area contributed by atoms with Crippen molar-refractivity contribution in [3.8, 4) is 0 Å². The van der Waals surface area contributed by atoms with Gasteiger partial charge in [-0.05, 0) is 49.4 Å². The van der Waals surface area contributed by atoms with E-state index in [9.17, 15) is 19.5 Å². The molecule has 1 aromatic carbocycles. The molecule has 1 heterocycles. The number of anilines is 2. The summed E-state index contributed by atoms with van der Waals surface area (Å²) in [6.45, 7) is 0.598. The van der Waals surface area contributed by atoms with E-state index in [0.717, 1.165) is 36.9 Å². The van der Waals surface area contributed by atoms with Crippen LogP contribution in [0.3, 0.4) is 0 Å². The van der Waals surface area contributed by atoms with E-state index in [0.29, 0.717) is 25.1 Å². The van der Waals surface area contributed by atoms with E-state index in [1.54, 1.807) is 17.0 Å². The summed E-state index contributed by atoms with van der Waals surface area (Å²) in [6.07, 6.45) is 3.92. The fourth-order valence-corrected chi connectivity index (χ4v) is 3.94. The van der Waals surface area contributed by atoms with Crippen molar-refractivity contribution in [2.45, 2.75) is 38.5 Å². The molecule has 1 fully saturated rings. The van der Waals surface area contributed by atoms with Gasteiger partial charge in [0.15, 0.2) is 0 Å². The molecule has 7 nitrogen and oxygen atoms in total. The zero-order valence-electron chi connectivity index (χ0n) is 14.8. The number of hydrogen-bond acceptors (Lipinski definition) is 5. The Labute approximate surface area is 152 Å². The Bertz CT molecular complexity index is 718. The van der Waals surface area contributed by atoms with Crippen molar-refractivity contribution in [2.24, 2.45) is 11.8 Å². The number of benzene rings is 1. The summed E-state index contributed by atoms with van der Waals surface area (Å²) >= 11 is 0. The molecule has 2 aliphatic rings. The second kappa shape index (κ2) is 7.76. The minimum absolute atomic E-state index is 0.278. The van der Waals surface area contributed by atoms with Crippen molar-refractivity contribution < 1.29 is 24.2 Å². The first kappa shape index (κ1) is 18.2. The topological polar surface area (TPSA) is 98.8 Å². The standard InChI is InChI=1S/C19H24N2O5/c1-26-19(25)21-10-4-5-12-11-13(8-9-16(12)21)20-17(22)14-6-2-3-7-15(14)18(23)24/h8-9,11,14-15H,2-7,10H2,1H3,(H,20,22)(H,23,24)/p-1/t14-,15-/m0/s1. The van der Waals surface area contributed by atoms with Crippen LogP contribution in [-0.4, -0.2) is 31.6 Å². The van der Waals surface area contributed by atoms with Gasteiger partial charge in [-0.3, -0.25) is 9.69 Å². The van der Waals surface area contributed by atoms with Gasteiger partial charge in [-0.1, -0.05) is 12.8 Å². The van der Waals surface area contributed by atoms with Crippen LogP contribution < -0.4 is 15.3 Å². The Morgan fingerprint density at radius 3 is 2.58 bits per heavy atom. The van der Waals surface area contributed by atoms with E-state index in [2.05, 4.69) is 5.32 Å². The maximum Gasteiger partial charge on any atom is 0.414 e. The van der Waals surface area contributed by atoms with E-state index < -0.39 is 23.9 Å². The Morgan fingerprint density at radius 1 is 1.15 bits per heavy atom. The zero-order valence-corrected chi connectivity index (χ0v) is 14.8. The summed E-state index contributed by atoms with van der Waals surface area (Å²) in [6, 6.07) is 5.37. The number of carbonyl (C=O) groups is 3. The van der Waals surface area contributed by atoms with Gasteiger partial charge in [0.1, 0.15) is 0 Å². The Balaban J connectivity index is 1.75. The van der Waals surface area contributed by atoms with Gasteiger partial charge >= 0.3 is 6.09 Å². The lowest BCUT2D eigenvalue weighted by molar-refractivity contribution is -0.313. The highest BCUT2D eigenvalue weighted by molar-refractivity contribution is 5.96. The number of methoxy groups -OCH3 is 1. The summed E-state index contributed by atoms with van der Waals surface area (Å²) in [5.74, 6) is -2.71. The van der Waals surface area contributed by atoms with Crippen molar-refractivity contribution in [2.75, 3.05) is 23.9 Å². The molecule has 1 aliphatic heterocycles. The number of fused-ring (bicyclic) bond motifs is 1. The zero-order chi connectivity index (χ0) is 18.7. The van der Waals surface area contributed by atoms with E-state index in [4.69, 9.17) is 4.74 Å². The van der Waals surface area contributed by atoms with E-state index >= 15 is 0 Å². The Kier molecular flexibility index (Phi) is 5.44. The van der Waals surface area contributed by atoms with Gasteiger partial charge in [0.25, 0.3) is 0 Å². The Hall–Kier alpha value is -2.57. The highest BCUT2D eigenvalue weighted by atomic mass is 16.5. The first-order valence-corrected chi connectivity index (χ1v) is 9.01. The molecular formula is C19H23N2O5-. The average molecular weight is 359 g/mol. The van der Waals surface area contributed by atoms with Gasteiger partial charge in [0.05, 0.1) is 12.8 Å². The molecule has 0 spiro atoms. The smallest absolute Gasteiger partial charge is 0.414 e. The van der Waals surface area contributed by atoms with Crippen molar-refractivity contribution >= 4 is 29.3 Å². The van der Waals surface area contributed by atoms with E-state index in [1.807, 2.05) is 6.07 Å². The van der Waals surface area contributed by atoms with Crippen LogP contribution in [0.15, 0.2) is 18.2 Å². The lowest BCUT2D eigenvalue weighted by atomic mass is 9.78. The maximum absolute atomic E-state index is 12.6. The summed E-state index contributed by atoms with van der Waals surface area (Å²) < 4.78 is 4.81. The van der Waals surface area contributed by atoms with Crippen LogP contribution >= 0.6 is 0 Å². The molecule has 140 valence electrons. The molecule has 2 atom stereocenters. The van der Waals surface area contributed by atoms with Gasteiger partial charge in [0.2, 0.25) is 5.91 Å². The predicted molar refractivity (Wildman–Crippen MR) is 93.6 cm³/mol. The van der Waals surface area contributed by atoms with Crippen LogP contribution in [0.25, 0.3) is 0 Å². The number of hydrogen-bond donors (Lipinski definition) is 1. The van der Waals surface area contributed by atoms with Crippen LogP contribution in [0.2, 0.25) is 0 Å². The van der Waals surface area contributed by atoms with Gasteiger partial charge in [-0.15, -0.1) is 0 Å². The van der Waals surface area contributed by atoms with Crippen LogP contribution in [0.4, 0.5) is 16.2 Å². The molecule has 1 aliphatic carbocycles. The number of nitrogens with zero attached hydrogens (tertiary/aromatic N) is 1. The SMILES string of the molecule is COC(=O)N1CCCc2cc(NC(=O)[C@H]3CCCC[C@@H]3C(=O)[O-])ccc21. The minimum Gasteiger partial charge on any atom is -0.550 e. The molecule has 1 N–H and O–H groups in total. The number of aryl methyl sites for hydroxylation is 1. The van der Waals surface area contributed by atoms with Crippen LogP contribution in [0, 0.1) is 11.8 Å². The van der Waals surface area contributed by atoms with Crippen LogP contribution in [0.5, 0.6) is 0 Å². The molecule has 2 amide bonds. The second-order valence-electron chi connectivity index (χ2n) is 6.87. The lowest BCUT2D eigenvalue weighted by Gasteiger charge is -2.31. The lowest BCUT2D eigenvalue weighted by Crippen LogP contribution is -2.42. The highest BCUT2D eigenvalue weighted by Crippen LogP contribution is 2.33. The monoisotopic (exact) mass is 359 g/mol. The molecule has 7 heteroatoms. The second-order valence-corrected chi connectivity index (χ2v) is 6.87. The van der Waals surface area contributed by atoms with Crippen molar-refractivity contribution in [3.05, 3.63) is 23.8 Å². The van der Waals surface area contributed by atoms with Gasteiger partial charge < -0.3 is 20.0 Å². The van der Waals surface area contributed by atoms with Gasteiger partial charge in [-0.2, -0.15) is 0 Å². The minimum atomic E-state index is -1.15. The van der Waals surface area contributed by atoms with E-state index in [1.165, 1.54) is 7.11 Å². The molecule has 1 saturated carbocycles. The first-order chi connectivity index (χ1) is 12.5. The fourth-order valence-electron chi connectivity index (χ4n) is 3.94. The molecular weight excluding hydrogens is 336 g/mol. The van der Waals surface area contributed by atoms with Crippen molar-refractivity contribution in [3.63, 3.8) is 0 Å². The summed E-state index contributed by atoms with van der Waals surface area (Å²) in [4.78, 5) is 37.3. The molecule has 26 heavy (non-hydrogen) atoms. The highest BCUT2D eigenvalue weighted by Gasteiger charge is 2.32. The van der Waals surface area contributed by atoms with Gasteiger partial charge in [0, 0.05) is 30.0 Å². The number of aliphatic carboxylic acids is 1. The quantitative estimate of drug-likeness (QED) is 0.886. The normalized spacial score (nSPS) is 22.3. The maximum atomic E-state index is 12.6. The van der Waals surface area contributed by atoms with Crippen molar-refractivity contribution in [1.82, 2.24) is 0 Å². The number of nitrogens with one attached hydrogen (secondary N) is 1. The summed E-state index contributed by atoms with van der Waals surface area (Å²) in [5.41, 5.74) is 2.36. The number of carboxylic acids is 1. The number of ether oxygens (including phenoxy) is 1. The number of amides is 2. The third-order valence-electron chi connectivity index (χ3n) is 5.27. The molecule has 1 aromatic rings. The molecule has 3 rings (SSSR count). The molecule has 0 saturated heterocycles. The molecule has 0 unspecified atom stereocenters. The third-order valence-corrected chi connectivity index (χ3v) is 5.27. The third kappa shape index (κ3) is 3.66.